The highest BCUT2D eigenvalue weighted by Gasteiger charge is 2.12. The average molecular weight is 233 g/mol. The number of rotatable bonds is 4. The molecule has 1 fully saturated rings. The molecular weight excluding hydrogens is 210 g/mol. The first-order valence-electron chi connectivity index (χ1n) is 6.45. The molecule has 0 amide bonds. The summed E-state index contributed by atoms with van der Waals surface area (Å²) in [5, 5.41) is 3.15. The Kier molecular flexibility index (Phi) is 4.40. The normalized spacial score (nSPS) is 18.2. The molecule has 1 aromatic carbocycles. The van der Waals surface area contributed by atoms with Crippen molar-refractivity contribution in [3.63, 3.8) is 0 Å². The van der Waals surface area contributed by atoms with Gasteiger partial charge in [-0.25, -0.2) is 0 Å². The SMILES string of the molecule is CNc1ccc(CCN2CCN(C)CC2)cc1. The molecule has 0 aromatic heterocycles. The predicted molar refractivity (Wildman–Crippen MR) is 73.6 cm³/mol. The molecule has 3 heteroatoms. The number of nitrogens with one attached hydrogen (secondary N) is 1. The van der Waals surface area contributed by atoms with Crippen LogP contribution in [0.5, 0.6) is 0 Å². The lowest BCUT2D eigenvalue weighted by Crippen LogP contribution is -2.45. The standard InChI is InChI=1S/C14H23N3/c1-15-14-5-3-13(4-6-14)7-8-17-11-9-16(2)10-12-17/h3-6,15H,7-12H2,1-2H3. The molecular formula is C14H23N3. The van der Waals surface area contributed by atoms with Crippen molar-refractivity contribution in [1.29, 1.82) is 0 Å². The first-order valence-corrected chi connectivity index (χ1v) is 6.45. The van der Waals surface area contributed by atoms with E-state index in [0.29, 0.717) is 0 Å². The van der Waals surface area contributed by atoms with Gasteiger partial charge in [0, 0.05) is 45.5 Å². The van der Waals surface area contributed by atoms with Gasteiger partial charge >= 0.3 is 0 Å². The zero-order valence-corrected chi connectivity index (χ0v) is 10.9. The lowest BCUT2D eigenvalue weighted by molar-refractivity contribution is 0.155. The number of likely N-dealkylation sites (N-methyl/N-ethyl adjacent to an activating group) is 1. The van der Waals surface area contributed by atoms with Crippen LogP contribution in [0, 0.1) is 0 Å². The molecule has 1 aromatic rings. The zero-order chi connectivity index (χ0) is 12.1. The summed E-state index contributed by atoms with van der Waals surface area (Å²) >= 11 is 0. The molecule has 17 heavy (non-hydrogen) atoms. The minimum atomic E-state index is 1.16. The Morgan fingerprint density at radius 1 is 1.06 bits per heavy atom. The molecule has 0 atom stereocenters. The molecule has 94 valence electrons. The van der Waals surface area contributed by atoms with Crippen molar-refractivity contribution in [2.45, 2.75) is 6.42 Å². The number of piperazine rings is 1. The van der Waals surface area contributed by atoms with Crippen LogP contribution in [-0.2, 0) is 6.42 Å². The van der Waals surface area contributed by atoms with Crippen molar-refractivity contribution >= 4 is 5.69 Å². The second kappa shape index (κ2) is 6.03. The van der Waals surface area contributed by atoms with Gasteiger partial charge in [-0.05, 0) is 31.2 Å². The summed E-state index contributed by atoms with van der Waals surface area (Å²) in [6.45, 7) is 6.03. The molecule has 1 heterocycles. The topological polar surface area (TPSA) is 18.5 Å². The summed E-state index contributed by atoms with van der Waals surface area (Å²) in [4.78, 5) is 4.96. The Hall–Kier alpha value is -1.06. The summed E-state index contributed by atoms with van der Waals surface area (Å²) < 4.78 is 0. The van der Waals surface area contributed by atoms with Gasteiger partial charge in [0.05, 0.1) is 0 Å². The maximum Gasteiger partial charge on any atom is 0.0337 e. The number of nitrogens with zero attached hydrogens (tertiary/aromatic N) is 2. The Bertz CT molecular complexity index is 326. The molecule has 0 radical (unpaired) electrons. The Morgan fingerprint density at radius 3 is 2.29 bits per heavy atom. The number of anilines is 1. The Balaban J connectivity index is 1.77. The van der Waals surface area contributed by atoms with Gasteiger partial charge in [0.25, 0.3) is 0 Å². The maximum absolute atomic E-state index is 3.15. The van der Waals surface area contributed by atoms with Crippen molar-refractivity contribution < 1.29 is 0 Å². The molecule has 1 N–H and O–H groups in total. The van der Waals surface area contributed by atoms with Crippen LogP contribution in [-0.4, -0.2) is 56.6 Å². The van der Waals surface area contributed by atoms with Crippen LogP contribution in [0.4, 0.5) is 5.69 Å². The Labute approximate surface area is 104 Å². The molecule has 1 aliphatic heterocycles. The predicted octanol–water partition coefficient (Wildman–Crippen LogP) is 1.52. The van der Waals surface area contributed by atoms with Gasteiger partial charge in [-0.15, -0.1) is 0 Å². The summed E-state index contributed by atoms with van der Waals surface area (Å²) in [5.74, 6) is 0. The minimum absolute atomic E-state index is 1.16. The molecule has 0 bridgehead atoms. The van der Waals surface area contributed by atoms with Gasteiger partial charge in [-0.1, -0.05) is 12.1 Å². The third-order valence-electron chi connectivity index (χ3n) is 3.56. The smallest absolute Gasteiger partial charge is 0.0337 e. The van der Waals surface area contributed by atoms with E-state index in [2.05, 4.69) is 46.4 Å². The van der Waals surface area contributed by atoms with Crippen LogP contribution in [0.1, 0.15) is 5.56 Å². The van der Waals surface area contributed by atoms with E-state index in [9.17, 15) is 0 Å². The fourth-order valence-electron chi connectivity index (χ4n) is 2.20. The van der Waals surface area contributed by atoms with Crippen LogP contribution < -0.4 is 5.32 Å². The molecule has 2 rings (SSSR count). The second-order valence-electron chi connectivity index (χ2n) is 4.84. The largest absolute Gasteiger partial charge is 0.388 e. The van der Waals surface area contributed by atoms with Crippen molar-refractivity contribution in [2.75, 3.05) is 52.1 Å². The third-order valence-corrected chi connectivity index (χ3v) is 3.56. The molecule has 3 nitrogen and oxygen atoms in total. The molecule has 1 aliphatic rings. The van der Waals surface area contributed by atoms with Gasteiger partial charge < -0.3 is 15.1 Å². The van der Waals surface area contributed by atoms with Gasteiger partial charge in [0.1, 0.15) is 0 Å². The molecule has 0 aliphatic carbocycles. The van der Waals surface area contributed by atoms with Crippen molar-refractivity contribution in [1.82, 2.24) is 9.80 Å². The molecule has 0 saturated carbocycles. The lowest BCUT2D eigenvalue weighted by atomic mass is 10.1. The van der Waals surface area contributed by atoms with Crippen molar-refractivity contribution in [3.8, 4) is 0 Å². The number of benzene rings is 1. The summed E-state index contributed by atoms with van der Waals surface area (Å²) in [7, 11) is 4.16. The Morgan fingerprint density at radius 2 is 1.71 bits per heavy atom. The van der Waals surface area contributed by atoms with Crippen LogP contribution in [0.25, 0.3) is 0 Å². The van der Waals surface area contributed by atoms with Crippen LogP contribution >= 0.6 is 0 Å². The zero-order valence-electron chi connectivity index (χ0n) is 10.9. The van der Waals surface area contributed by atoms with Crippen LogP contribution in [0.3, 0.4) is 0 Å². The van der Waals surface area contributed by atoms with E-state index in [-0.39, 0.29) is 0 Å². The highest BCUT2D eigenvalue weighted by molar-refractivity contribution is 5.43. The van der Waals surface area contributed by atoms with E-state index >= 15 is 0 Å². The third kappa shape index (κ3) is 3.72. The summed E-state index contributed by atoms with van der Waals surface area (Å²) in [6, 6.07) is 8.75. The summed E-state index contributed by atoms with van der Waals surface area (Å²) in [5.41, 5.74) is 2.62. The first-order chi connectivity index (χ1) is 8.28. The highest BCUT2D eigenvalue weighted by Crippen LogP contribution is 2.10. The monoisotopic (exact) mass is 233 g/mol. The van der Waals surface area contributed by atoms with E-state index in [1.54, 1.807) is 0 Å². The number of hydrogen-bond donors (Lipinski definition) is 1. The van der Waals surface area contributed by atoms with Gasteiger partial charge in [-0.3, -0.25) is 0 Å². The molecule has 0 unspecified atom stereocenters. The van der Waals surface area contributed by atoms with Gasteiger partial charge in [0.15, 0.2) is 0 Å². The van der Waals surface area contributed by atoms with E-state index in [4.69, 9.17) is 0 Å². The first kappa shape index (κ1) is 12.4. The van der Waals surface area contributed by atoms with Gasteiger partial charge in [0.2, 0.25) is 0 Å². The summed E-state index contributed by atoms with van der Waals surface area (Å²) in [6.07, 6.45) is 1.16. The van der Waals surface area contributed by atoms with Crippen LogP contribution in [0.2, 0.25) is 0 Å². The fraction of sp³-hybridized carbons (Fsp3) is 0.571. The maximum atomic E-state index is 3.15. The van der Waals surface area contributed by atoms with Crippen molar-refractivity contribution in [2.24, 2.45) is 0 Å². The van der Waals surface area contributed by atoms with Gasteiger partial charge in [-0.2, -0.15) is 0 Å². The van der Waals surface area contributed by atoms with E-state index in [1.807, 2.05) is 7.05 Å². The number of hydrogen-bond acceptors (Lipinski definition) is 3. The minimum Gasteiger partial charge on any atom is -0.388 e. The van der Waals surface area contributed by atoms with E-state index in [1.165, 1.54) is 44.0 Å². The highest BCUT2D eigenvalue weighted by atomic mass is 15.2. The van der Waals surface area contributed by atoms with E-state index < -0.39 is 0 Å². The van der Waals surface area contributed by atoms with Crippen molar-refractivity contribution in [3.05, 3.63) is 29.8 Å². The lowest BCUT2D eigenvalue weighted by Gasteiger charge is -2.32. The van der Waals surface area contributed by atoms with E-state index in [0.717, 1.165) is 6.42 Å². The van der Waals surface area contributed by atoms with Crippen LogP contribution in [0.15, 0.2) is 24.3 Å². The molecule has 1 saturated heterocycles. The fourth-order valence-corrected chi connectivity index (χ4v) is 2.20. The molecule has 0 spiro atoms. The second-order valence-corrected chi connectivity index (χ2v) is 4.84. The average Bonchev–Trinajstić information content (AvgIpc) is 2.39. The quantitative estimate of drug-likeness (QED) is 0.850.